The molecule has 25 heavy (non-hydrogen) atoms. The van der Waals surface area contributed by atoms with Crippen LogP contribution in [-0.2, 0) is 11.2 Å². The topological polar surface area (TPSA) is 74.3 Å². The highest BCUT2D eigenvalue weighted by Gasteiger charge is 2.25. The second-order valence-electron chi connectivity index (χ2n) is 5.62. The highest BCUT2D eigenvalue weighted by Crippen LogP contribution is 2.13. The van der Waals surface area contributed by atoms with Crippen molar-refractivity contribution in [3.8, 4) is 0 Å². The van der Waals surface area contributed by atoms with Gasteiger partial charge in [-0.25, -0.2) is 9.78 Å². The molecule has 2 aromatic rings. The molecule has 3 amide bonds. The predicted molar refractivity (Wildman–Crippen MR) is 102 cm³/mol. The van der Waals surface area contributed by atoms with Gasteiger partial charge in [0.05, 0.1) is 0 Å². The molecule has 0 spiro atoms. The number of carbonyl (C=O) groups excluding carboxylic acids is 2. The van der Waals surface area contributed by atoms with E-state index in [4.69, 9.17) is 0 Å². The molecule has 1 aliphatic rings. The highest BCUT2D eigenvalue weighted by molar-refractivity contribution is 7.99. The summed E-state index contributed by atoms with van der Waals surface area (Å²) in [7, 11) is 0. The Morgan fingerprint density at radius 1 is 1.20 bits per heavy atom. The first-order valence-electron chi connectivity index (χ1n) is 8.10. The molecule has 1 aliphatic heterocycles. The first-order chi connectivity index (χ1) is 12.2. The van der Waals surface area contributed by atoms with Gasteiger partial charge in [-0.3, -0.25) is 4.79 Å². The zero-order valence-corrected chi connectivity index (χ0v) is 15.3. The van der Waals surface area contributed by atoms with Crippen LogP contribution in [0.3, 0.4) is 0 Å². The van der Waals surface area contributed by atoms with Crippen LogP contribution in [0.4, 0.5) is 9.93 Å². The largest absolute Gasteiger partial charge is 0.326 e. The maximum Gasteiger partial charge on any atom is 0.318 e. The Hall–Kier alpha value is -2.06. The lowest BCUT2D eigenvalue weighted by Gasteiger charge is -2.28. The Labute approximate surface area is 155 Å². The van der Waals surface area contributed by atoms with Gasteiger partial charge in [-0.1, -0.05) is 30.3 Å². The van der Waals surface area contributed by atoms with E-state index in [1.165, 1.54) is 11.3 Å². The normalized spacial score (nSPS) is 15.4. The van der Waals surface area contributed by atoms with Crippen LogP contribution in [0.15, 0.2) is 41.9 Å². The molecule has 6 nitrogen and oxygen atoms in total. The lowest BCUT2D eigenvalue weighted by Crippen LogP contribution is -2.52. The van der Waals surface area contributed by atoms with E-state index < -0.39 is 6.04 Å². The van der Waals surface area contributed by atoms with Crippen LogP contribution in [0.2, 0.25) is 0 Å². The maximum atomic E-state index is 12.7. The molecule has 132 valence electrons. The number of nitrogens with zero attached hydrogens (tertiary/aromatic N) is 2. The summed E-state index contributed by atoms with van der Waals surface area (Å²) in [5.41, 5.74) is 0.997. The molecule has 1 unspecified atom stereocenters. The van der Waals surface area contributed by atoms with Gasteiger partial charge in [0, 0.05) is 42.6 Å². The Kier molecular flexibility index (Phi) is 6.30. The average molecular weight is 377 g/mol. The fraction of sp³-hybridized carbons (Fsp3) is 0.353. The molecule has 1 atom stereocenters. The number of amides is 3. The van der Waals surface area contributed by atoms with Crippen molar-refractivity contribution in [2.24, 2.45) is 0 Å². The van der Waals surface area contributed by atoms with Crippen LogP contribution in [0.25, 0.3) is 0 Å². The van der Waals surface area contributed by atoms with Gasteiger partial charge in [-0.2, -0.15) is 11.8 Å². The summed E-state index contributed by atoms with van der Waals surface area (Å²) in [5, 5.41) is 8.00. The number of thioether (sulfide) groups is 1. The van der Waals surface area contributed by atoms with Crippen LogP contribution in [0, 0.1) is 0 Å². The van der Waals surface area contributed by atoms with Gasteiger partial charge >= 0.3 is 6.03 Å². The number of urea groups is 1. The van der Waals surface area contributed by atoms with Crippen molar-refractivity contribution in [2.75, 3.05) is 29.9 Å². The van der Waals surface area contributed by atoms with Gasteiger partial charge in [0.25, 0.3) is 0 Å². The Morgan fingerprint density at radius 3 is 2.64 bits per heavy atom. The molecule has 1 aromatic carbocycles. The molecule has 1 fully saturated rings. The molecule has 0 radical (unpaired) electrons. The van der Waals surface area contributed by atoms with E-state index in [1.54, 1.807) is 16.5 Å². The number of hydrogen-bond acceptors (Lipinski definition) is 5. The maximum absolute atomic E-state index is 12.7. The Morgan fingerprint density at radius 2 is 1.96 bits per heavy atom. The molecule has 0 bridgehead atoms. The second-order valence-corrected chi connectivity index (χ2v) is 7.74. The second kappa shape index (κ2) is 8.87. The van der Waals surface area contributed by atoms with Crippen LogP contribution in [0.1, 0.15) is 5.56 Å². The van der Waals surface area contributed by atoms with Crippen LogP contribution >= 0.6 is 23.1 Å². The third kappa shape index (κ3) is 5.20. The SMILES string of the molecule is O=C(Nc1nccs1)C(Cc1ccccc1)NC(=O)N1CCSCC1. The summed E-state index contributed by atoms with van der Waals surface area (Å²) in [4.78, 5) is 31.0. The lowest BCUT2D eigenvalue weighted by molar-refractivity contribution is -0.118. The third-order valence-corrected chi connectivity index (χ3v) is 5.49. The van der Waals surface area contributed by atoms with Gasteiger partial charge in [0.1, 0.15) is 6.04 Å². The molecule has 3 rings (SSSR count). The molecular weight excluding hydrogens is 356 g/mol. The Bertz CT molecular complexity index is 688. The number of aromatic nitrogens is 1. The van der Waals surface area contributed by atoms with Crippen molar-refractivity contribution < 1.29 is 9.59 Å². The number of nitrogens with one attached hydrogen (secondary N) is 2. The number of benzene rings is 1. The summed E-state index contributed by atoms with van der Waals surface area (Å²) < 4.78 is 0. The van der Waals surface area contributed by atoms with Crippen molar-refractivity contribution in [3.63, 3.8) is 0 Å². The zero-order valence-electron chi connectivity index (χ0n) is 13.7. The summed E-state index contributed by atoms with van der Waals surface area (Å²) in [6, 6.07) is 8.85. The number of thiazole rings is 1. The average Bonchev–Trinajstić information content (AvgIpc) is 3.15. The summed E-state index contributed by atoms with van der Waals surface area (Å²) >= 11 is 3.19. The monoisotopic (exact) mass is 376 g/mol. The minimum atomic E-state index is -0.645. The van der Waals surface area contributed by atoms with E-state index in [9.17, 15) is 9.59 Å². The van der Waals surface area contributed by atoms with Crippen LogP contribution in [0.5, 0.6) is 0 Å². The van der Waals surface area contributed by atoms with Crippen LogP contribution < -0.4 is 10.6 Å². The molecule has 0 aliphatic carbocycles. The number of hydrogen-bond donors (Lipinski definition) is 2. The standard InChI is InChI=1S/C17H20N4O2S2/c22-15(20-16-18-6-9-25-16)14(12-13-4-2-1-3-5-13)19-17(23)21-7-10-24-11-8-21/h1-6,9,14H,7-8,10-12H2,(H,19,23)(H,18,20,22). The zero-order chi connectivity index (χ0) is 17.5. The van der Waals surface area contributed by atoms with Gasteiger partial charge in [-0.05, 0) is 5.56 Å². The minimum absolute atomic E-state index is 0.185. The van der Waals surface area contributed by atoms with E-state index in [-0.39, 0.29) is 11.9 Å². The van der Waals surface area contributed by atoms with E-state index in [0.29, 0.717) is 24.6 Å². The van der Waals surface area contributed by atoms with Gasteiger partial charge in [-0.15, -0.1) is 11.3 Å². The van der Waals surface area contributed by atoms with Crippen molar-refractivity contribution >= 4 is 40.2 Å². The van der Waals surface area contributed by atoms with E-state index in [2.05, 4.69) is 15.6 Å². The van der Waals surface area contributed by atoms with Crippen molar-refractivity contribution in [3.05, 3.63) is 47.5 Å². The van der Waals surface area contributed by atoms with Crippen molar-refractivity contribution in [1.82, 2.24) is 15.2 Å². The predicted octanol–water partition coefficient (Wildman–Crippen LogP) is 2.45. The summed E-state index contributed by atoms with van der Waals surface area (Å²) in [6.07, 6.45) is 2.07. The van der Waals surface area contributed by atoms with E-state index in [1.807, 2.05) is 42.1 Å². The lowest BCUT2D eigenvalue weighted by atomic mass is 10.1. The summed E-state index contributed by atoms with van der Waals surface area (Å²) in [5.74, 6) is 1.61. The molecular formula is C17H20N4O2S2. The smallest absolute Gasteiger partial charge is 0.318 e. The number of carbonyl (C=O) groups is 2. The van der Waals surface area contributed by atoms with Crippen molar-refractivity contribution in [1.29, 1.82) is 0 Å². The van der Waals surface area contributed by atoms with Crippen molar-refractivity contribution in [2.45, 2.75) is 12.5 Å². The molecule has 1 saturated heterocycles. The molecule has 2 heterocycles. The Balaban J connectivity index is 1.68. The fourth-order valence-electron chi connectivity index (χ4n) is 2.54. The minimum Gasteiger partial charge on any atom is -0.326 e. The van der Waals surface area contributed by atoms with E-state index in [0.717, 1.165) is 17.1 Å². The number of rotatable bonds is 5. The fourth-order valence-corrected chi connectivity index (χ4v) is 3.98. The summed E-state index contributed by atoms with van der Waals surface area (Å²) in [6.45, 7) is 1.42. The van der Waals surface area contributed by atoms with Gasteiger partial charge in [0.2, 0.25) is 5.91 Å². The molecule has 8 heteroatoms. The third-order valence-electron chi connectivity index (χ3n) is 3.86. The molecule has 0 saturated carbocycles. The van der Waals surface area contributed by atoms with Gasteiger partial charge in [0.15, 0.2) is 5.13 Å². The molecule has 1 aromatic heterocycles. The first-order valence-corrected chi connectivity index (χ1v) is 10.1. The highest BCUT2D eigenvalue weighted by atomic mass is 32.2. The quantitative estimate of drug-likeness (QED) is 0.841. The first kappa shape index (κ1) is 17.8. The number of anilines is 1. The van der Waals surface area contributed by atoms with Crippen LogP contribution in [-0.4, -0.2) is 52.5 Å². The van der Waals surface area contributed by atoms with E-state index >= 15 is 0 Å². The van der Waals surface area contributed by atoms with Gasteiger partial charge < -0.3 is 15.5 Å². The molecule has 2 N–H and O–H groups in total.